The predicted octanol–water partition coefficient (Wildman–Crippen LogP) is 3.78. The van der Waals surface area contributed by atoms with Crippen molar-refractivity contribution in [3.05, 3.63) is 53.3 Å². The second-order valence-electron chi connectivity index (χ2n) is 7.68. The van der Waals surface area contributed by atoms with E-state index >= 15 is 0 Å². The van der Waals surface area contributed by atoms with Crippen molar-refractivity contribution in [1.29, 1.82) is 0 Å². The summed E-state index contributed by atoms with van der Waals surface area (Å²) in [5, 5.41) is 3.19. The first-order chi connectivity index (χ1) is 14.4. The average molecular weight is 431 g/mol. The van der Waals surface area contributed by atoms with Crippen LogP contribution in [0.15, 0.2) is 47.7 Å². The number of thioether (sulfide) groups is 1. The Morgan fingerprint density at radius 1 is 1.27 bits per heavy atom. The highest BCUT2D eigenvalue weighted by Gasteiger charge is 2.23. The van der Waals surface area contributed by atoms with Crippen LogP contribution in [0.4, 0.5) is 4.79 Å². The number of hydrogen-bond donors (Lipinski definition) is 1. The van der Waals surface area contributed by atoms with E-state index in [9.17, 15) is 9.59 Å². The Morgan fingerprint density at radius 2 is 2.03 bits per heavy atom. The molecule has 30 heavy (non-hydrogen) atoms. The monoisotopic (exact) mass is 430 g/mol. The van der Waals surface area contributed by atoms with Gasteiger partial charge in [-0.25, -0.2) is 0 Å². The number of amides is 1. The van der Waals surface area contributed by atoms with Gasteiger partial charge in [-0.15, -0.1) is 0 Å². The summed E-state index contributed by atoms with van der Waals surface area (Å²) in [5.41, 5.74) is 3.67. The van der Waals surface area contributed by atoms with Crippen molar-refractivity contribution in [2.24, 2.45) is 5.92 Å². The molecule has 7 heteroatoms. The molecule has 2 unspecified atom stereocenters. The molecule has 0 aliphatic carbocycles. The van der Waals surface area contributed by atoms with Gasteiger partial charge < -0.3 is 19.7 Å². The number of allylic oxidation sites excluding steroid dienone is 3. The summed E-state index contributed by atoms with van der Waals surface area (Å²) < 4.78 is 11.3. The minimum absolute atomic E-state index is 0.00217. The van der Waals surface area contributed by atoms with Crippen molar-refractivity contribution in [2.75, 3.05) is 33.4 Å². The van der Waals surface area contributed by atoms with Gasteiger partial charge in [0.25, 0.3) is 5.24 Å². The van der Waals surface area contributed by atoms with Gasteiger partial charge in [0.15, 0.2) is 0 Å². The molecule has 1 N–H and O–H groups in total. The Labute approximate surface area is 182 Å². The van der Waals surface area contributed by atoms with Gasteiger partial charge in [-0.05, 0) is 42.2 Å². The first-order valence-electron chi connectivity index (χ1n) is 10.3. The van der Waals surface area contributed by atoms with Gasteiger partial charge in [-0.1, -0.05) is 36.9 Å². The summed E-state index contributed by atoms with van der Waals surface area (Å²) in [5.74, 6) is 0.503. The van der Waals surface area contributed by atoms with Gasteiger partial charge >= 0.3 is 5.97 Å². The molecule has 2 heterocycles. The van der Waals surface area contributed by atoms with Crippen LogP contribution in [-0.2, 0) is 16.0 Å². The van der Waals surface area contributed by atoms with Gasteiger partial charge in [-0.3, -0.25) is 9.59 Å². The van der Waals surface area contributed by atoms with E-state index in [0.29, 0.717) is 13.2 Å². The van der Waals surface area contributed by atoms with Gasteiger partial charge in [0.05, 0.1) is 12.5 Å². The third-order valence-electron chi connectivity index (χ3n) is 5.36. The van der Waals surface area contributed by atoms with Gasteiger partial charge in [0.1, 0.15) is 12.4 Å². The van der Waals surface area contributed by atoms with Crippen LogP contribution >= 0.6 is 11.8 Å². The van der Waals surface area contributed by atoms with E-state index in [2.05, 4.69) is 36.3 Å². The van der Waals surface area contributed by atoms with Crippen molar-refractivity contribution < 1.29 is 19.1 Å². The first-order valence-corrected chi connectivity index (χ1v) is 11.2. The molecule has 1 amide bonds. The number of esters is 1. The minimum atomic E-state index is -0.281. The largest absolute Gasteiger partial charge is 0.493 e. The SMILES string of the molecule is CCC1=CC=C(C(COC(C)=O)COc2ccc(CC3CNC(=O)S3)cc2)CN1C. The maximum absolute atomic E-state index is 11.3. The third-order valence-corrected chi connectivity index (χ3v) is 6.39. The second-order valence-corrected chi connectivity index (χ2v) is 8.95. The standard InChI is InChI=1S/C23H30N2O4S/c1-4-20-8-7-18(13-25(20)3)19(14-28-16(2)26)15-29-21-9-5-17(6-10-21)11-22-12-24-23(27)30-22/h5-10,19,22H,4,11-15H2,1-3H3,(H,24,27). The number of likely N-dealkylation sites (N-methyl/N-ethyl adjacent to an activating group) is 1. The Morgan fingerprint density at radius 3 is 2.63 bits per heavy atom. The Hall–Kier alpha value is -2.41. The summed E-state index contributed by atoms with van der Waals surface area (Å²) in [6.07, 6.45) is 6.11. The Kier molecular flexibility index (Phi) is 7.85. The zero-order valence-corrected chi connectivity index (χ0v) is 18.7. The summed E-state index contributed by atoms with van der Waals surface area (Å²) in [7, 11) is 2.08. The van der Waals surface area contributed by atoms with E-state index < -0.39 is 0 Å². The summed E-state index contributed by atoms with van der Waals surface area (Å²) in [6, 6.07) is 8.01. The van der Waals surface area contributed by atoms with Crippen molar-refractivity contribution >= 4 is 23.0 Å². The molecule has 1 aromatic carbocycles. The van der Waals surface area contributed by atoms with E-state index in [1.807, 2.05) is 24.3 Å². The molecular formula is C23H30N2O4S. The van der Waals surface area contributed by atoms with Crippen LogP contribution in [0.1, 0.15) is 25.8 Å². The number of nitrogens with one attached hydrogen (secondary N) is 1. The lowest BCUT2D eigenvalue weighted by Crippen LogP contribution is -2.30. The molecule has 0 saturated carbocycles. The Bertz CT molecular complexity index is 819. The van der Waals surface area contributed by atoms with Crippen LogP contribution in [0.2, 0.25) is 0 Å². The molecule has 1 saturated heterocycles. The lowest BCUT2D eigenvalue weighted by Gasteiger charge is -2.30. The molecule has 1 aromatic rings. The van der Waals surface area contributed by atoms with E-state index in [1.165, 1.54) is 35.5 Å². The third kappa shape index (κ3) is 6.29. The normalized spacial score (nSPS) is 19.6. The van der Waals surface area contributed by atoms with E-state index in [1.54, 1.807) is 0 Å². The van der Waals surface area contributed by atoms with E-state index in [-0.39, 0.29) is 22.4 Å². The molecule has 162 valence electrons. The molecule has 0 aromatic heterocycles. The fraction of sp³-hybridized carbons (Fsp3) is 0.478. The van der Waals surface area contributed by atoms with Crippen molar-refractivity contribution in [3.8, 4) is 5.75 Å². The maximum Gasteiger partial charge on any atom is 0.302 e. The van der Waals surface area contributed by atoms with Gasteiger partial charge in [-0.2, -0.15) is 0 Å². The van der Waals surface area contributed by atoms with Gasteiger partial charge in [0.2, 0.25) is 0 Å². The van der Waals surface area contributed by atoms with Crippen LogP contribution in [0.5, 0.6) is 5.75 Å². The molecule has 2 atom stereocenters. The quantitative estimate of drug-likeness (QED) is 0.602. The molecule has 6 nitrogen and oxygen atoms in total. The average Bonchev–Trinajstić information content (AvgIpc) is 3.13. The van der Waals surface area contributed by atoms with Gasteiger partial charge in [0, 0.05) is 38.0 Å². The van der Waals surface area contributed by atoms with Crippen LogP contribution in [0, 0.1) is 5.92 Å². The van der Waals surface area contributed by atoms with Crippen molar-refractivity contribution in [3.63, 3.8) is 0 Å². The molecule has 1 fully saturated rings. The van der Waals surface area contributed by atoms with Crippen LogP contribution in [0.25, 0.3) is 0 Å². The molecular weight excluding hydrogens is 400 g/mol. The molecule has 0 bridgehead atoms. The zero-order chi connectivity index (χ0) is 21.5. The number of hydrogen-bond acceptors (Lipinski definition) is 6. The number of ether oxygens (including phenoxy) is 2. The number of benzene rings is 1. The number of rotatable bonds is 9. The molecule has 2 aliphatic rings. The molecule has 2 aliphatic heterocycles. The van der Waals surface area contributed by atoms with E-state index in [0.717, 1.165) is 31.7 Å². The zero-order valence-electron chi connectivity index (χ0n) is 17.8. The lowest BCUT2D eigenvalue weighted by molar-refractivity contribution is -0.142. The highest BCUT2D eigenvalue weighted by atomic mass is 32.2. The Balaban J connectivity index is 1.59. The lowest BCUT2D eigenvalue weighted by atomic mass is 9.96. The number of carbonyl (C=O) groups excluding carboxylic acids is 2. The minimum Gasteiger partial charge on any atom is -0.493 e. The van der Waals surface area contributed by atoms with Crippen molar-refractivity contribution in [1.82, 2.24) is 10.2 Å². The maximum atomic E-state index is 11.3. The second kappa shape index (κ2) is 10.6. The molecule has 0 radical (unpaired) electrons. The summed E-state index contributed by atoms with van der Waals surface area (Å²) in [6.45, 7) is 5.85. The summed E-state index contributed by atoms with van der Waals surface area (Å²) >= 11 is 1.37. The fourth-order valence-corrected chi connectivity index (χ4v) is 4.53. The fourth-order valence-electron chi connectivity index (χ4n) is 3.62. The highest BCUT2D eigenvalue weighted by Crippen LogP contribution is 2.25. The summed E-state index contributed by atoms with van der Waals surface area (Å²) in [4.78, 5) is 24.9. The molecule has 3 rings (SSSR count). The van der Waals surface area contributed by atoms with E-state index in [4.69, 9.17) is 9.47 Å². The number of nitrogens with zero attached hydrogens (tertiary/aromatic N) is 1. The predicted molar refractivity (Wildman–Crippen MR) is 120 cm³/mol. The first kappa shape index (κ1) is 22.3. The van der Waals surface area contributed by atoms with Crippen LogP contribution in [-0.4, -0.2) is 54.7 Å². The van der Waals surface area contributed by atoms with Crippen molar-refractivity contribution in [2.45, 2.75) is 31.9 Å². The smallest absolute Gasteiger partial charge is 0.302 e. The highest BCUT2D eigenvalue weighted by molar-refractivity contribution is 8.14. The van der Waals surface area contributed by atoms with Crippen LogP contribution in [0.3, 0.4) is 0 Å². The van der Waals surface area contributed by atoms with Crippen LogP contribution < -0.4 is 10.1 Å². The number of carbonyl (C=O) groups is 2. The topological polar surface area (TPSA) is 67.9 Å². The molecule has 0 spiro atoms.